The average molecular weight is 448 g/mol. The predicted octanol–water partition coefficient (Wildman–Crippen LogP) is 5.09. The van der Waals surface area contributed by atoms with Gasteiger partial charge in [-0.25, -0.2) is 4.98 Å². The Morgan fingerprint density at radius 1 is 1.31 bits per heavy atom. The SMILES string of the molecule is CCn1c(SCC(=O)N(C)C2CCCCC2)nc2scc(-c3cccs3)c2c1=O. The maximum atomic E-state index is 13.2. The molecule has 0 radical (unpaired) electrons. The minimum absolute atomic E-state index is 0.0160. The van der Waals surface area contributed by atoms with Crippen LogP contribution in [0.3, 0.4) is 0 Å². The highest BCUT2D eigenvalue weighted by Gasteiger charge is 2.23. The summed E-state index contributed by atoms with van der Waals surface area (Å²) in [6.07, 6.45) is 5.87. The van der Waals surface area contributed by atoms with Crippen molar-refractivity contribution in [2.45, 2.75) is 56.8 Å². The van der Waals surface area contributed by atoms with Gasteiger partial charge in [0.05, 0.1) is 11.1 Å². The molecule has 3 aromatic heterocycles. The molecule has 4 rings (SSSR count). The largest absolute Gasteiger partial charge is 0.342 e. The maximum Gasteiger partial charge on any atom is 0.263 e. The molecule has 0 aromatic carbocycles. The van der Waals surface area contributed by atoms with E-state index in [1.807, 2.05) is 41.8 Å². The Kier molecular flexibility index (Phi) is 6.41. The molecule has 0 saturated heterocycles. The van der Waals surface area contributed by atoms with Crippen LogP contribution >= 0.6 is 34.4 Å². The minimum Gasteiger partial charge on any atom is -0.342 e. The Morgan fingerprint density at radius 2 is 2.10 bits per heavy atom. The van der Waals surface area contributed by atoms with Crippen LogP contribution in [-0.2, 0) is 11.3 Å². The molecule has 1 fully saturated rings. The molecule has 3 heterocycles. The Hall–Kier alpha value is -1.64. The number of thiophene rings is 2. The number of carbonyl (C=O) groups excluding carboxylic acids is 1. The molecule has 29 heavy (non-hydrogen) atoms. The van der Waals surface area contributed by atoms with Crippen molar-refractivity contribution in [2.24, 2.45) is 0 Å². The highest BCUT2D eigenvalue weighted by molar-refractivity contribution is 7.99. The molecule has 0 aliphatic heterocycles. The zero-order valence-electron chi connectivity index (χ0n) is 16.7. The summed E-state index contributed by atoms with van der Waals surface area (Å²) in [6.45, 7) is 2.49. The lowest BCUT2D eigenvalue weighted by Crippen LogP contribution is -2.39. The van der Waals surface area contributed by atoms with Gasteiger partial charge in [0.1, 0.15) is 4.83 Å². The van der Waals surface area contributed by atoms with Crippen LogP contribution in [0.2, 0.25) is 0 Å². The van der Waals surface area contributed by atoms with Crippen molar-refractivity contribution in [3.05, 3.63) is 33.2 Å². The molecule has 154 valence electrons. The second-order valence-corrected chi connectivity index (χ2v) is 10.1. The summed E-state index contributed by atoms with van der Waals surface area (Å²) in [4.78, 5) is 34.4. The van der Waals surface area contributed by atoms with E-state index in [0.717, 1.165) is 28.1 Å². The third-order valence-corrected chi connectivity index (χ3v) is 8.34. The van der Waals surface area contributed by atoms with Crippen LogP contribution < -0.4 is 5.56 Å². The summed E-state index contributed by atoms with van der Waals surface area (Å²) in [5, 5.41) is 5.36. The number of hydrogen-bond donors (Lipinski definition) is 0. The van der Waals surface area contributed by atoms with Gasteiger partial charge in [0.2, 0.25) is 5.91 Å². The lowest BCUT2D eigenvalue weighted by Gasteiger charge is -2.31. The van der Waals surface area contributed by atoms with Crippen LogP contribution in [0.1, 0.15) is 39.0 Å². The van der Waals surface area contributed by atoms with Gasteiger partial charge in [-0.3, -0.25) is 14.2 Å². The quantitative estimate of drug-likeness (QED) is 0.390. The van der Waals surface area contributed by atoms with Gasteiger partial charge in [-0.2, -0.15) is 0 Å². The first kappa shape index (κ1) is 20.6. The molecule has 0 atom stereocenters. The van der Waals surface area contributed by atoms with Crippen LogP contribution in [0.4, 0.5) is 0 Å². The van der Waals surface area contributed by atoms with E-state index in [9.17, 15) is 9.59 Å². The lowest BCUT2D eigenvalue weighted by atomic mass is 9.94. The van der Waals surface area contributed by atoms with Gasteiger partial charge in [0, 0.05) is 35.5 Å². The first-order valence-corrected chi connectivity index (χ1v) is 12.8. The van der Waals surface area contributed by atoms with Gasteiger partial charge in [-0.05, 0) is 31.2 Å². The fraction of sp³-hybridized carbons (Fsp3) is 0.476. The third kappa shape index (κ3) is 4.15. The summed E-state index contributed by atoms with van der Waals surface area (Å²) in [7, 11) is 1.91. The first-order valence-electron chi connectivity index (χ1n) is 10.0. The Labute approximate surface area is 182 Å². The molecular formula is C21H25N3O2S3. The minimum atomic E-state index is -0.0160. The number of rotatable bonds is 6. The molecule has 0 N–H and O–H groups in total. The molecular weight excluding hydrogens is 422 g/mol. The van der Waals surface area contributed by atoms with Crippen LogP contribution in [-0.4, -0.2) is 39.2 Å². The lowest BCUT2D eigenvalue weighted by molar-refractivity contribution is -0.129. The topological polar surface area (TPSA) is 55.2 Å². The highest BCUT2D eigenvalue weighted by Crippen LogP contribution is 2.34. The first-order chi connectivity index (χ1) is 14.1. The van der Waals surface area contributed by atoms with E-state index < -0.39 is 0 Å². The van der Waals surface area contributed by atoms with E-state index in [1.54, 1.807) is 15.9 Å². The van der Waals surface area contributed by atoms with Crippen molar-refractivity contribution in [3.63, 3.8) is 0 Å². The van der Waals surface area contributed by atoms with Gasteiger partial charge in [0.25, 0.3) is 5.56 Å². The zero-order chi connectivity index (χ0) is 20.4. The molecule has 8 heteroatoms. The molecule has 1 amide bonds. The van der Waals surface area contributed by atoms with E-state index in [0.29, 0.717) is 28.9 Å². The summed E-state index contributed by atoms with van der Waals surface area (Å²) < 4.78 is 1.70. The fourth-order valence-electron chi connectivity index (χ4n) is 3.91. The molecule has 1 saturated carbocycles. The third-order valence-electron chi connectivity index (χ3n) is 5.60. The molecule has 5 nitrogen and oxygen atoms in total. The van der Waals surface area contributed by atoms with Gasteiger partial charge in [-0.1, -0.05) is 37.1 Å². The number of fused-ring (bicyclic) bond motifs is 1. The summed E-state index contributed by atoms with van der Waals surface area (Å²) in [5.74, 6) is 0.429. The number of amides is 1. The van der Waals surface area contributed by atoms with Gasteiger partial charge in [-0.15, -0.1) is 22.7 Å². The predicted molar refractivity (Wildman–Crippen MR) is 123 cm³/mol. The standard InChI is InChI=1S/C21H25N3O2S3/c1-3-24-20(26)18-15(16-10-7-11-27-16)12-28-19(18)22-21(24)29-13-17(25)23(2)14-8-5-4-6-9-14/h7,10-12,14H,3-6,8-9,13H2,1-2H3. The van der Waals surface area contributed by atoms with E-state index >= 15 is 0 Å². The summed E-state index contributed by atoms with van der Waals surface area (Å²) in [6, 6.07) is 4.38. The number of thioether (sulfide) groups is 1. The molecule has 1 aliphatic rings. The Bertz CT molecular complexity index is 1050. The molecule has 1 aliphatic carbocycles. The van der Waals surface area contributed by atoms with Crippen LogP contribution in [0.15, 0.2) is 32.8 Å². The van der Waals surface area contributed by atoms with Crippen molar-refractivity contribution in [1.29, 1.82) is 0 Å². The molecule has 0 bridgehead atoms. The van der Waals surface area contributed by atoms with Crippen molar-refractivity contribution < 1.29 is 4.79 Å². The van der Waals surface area contributed by atoms with Gasteiger partial charge >= 0.3 is 0 Å². The smallest absolute Gasteiger partial charge is 0.263 e. The number of nitrogens with zero attached hydrogens (tertiary/aromatic N) is 3. The number of aromatic nitrogens is 2. The van der Waals surface area contributed by atoms with Crippen LogP contribution in [0, 0.1) is 0 Å². The molecule has 0 unspecified atom stereocenters. The number of hydrogen-bond acceptors (Lipinski definition) is 6. The Balaban J connectivity index is 1.57. The van der Waals surface area contributed by atoms with E-state index in [-0.39, 0.29) is 11.5 Å². The van der Waals surface area contributed by atoms with Crippen molar-refractivity contribution in [2.75, 3.05) is 12.8 Å². The molecule has 3 aromatic rings. The van der Waals surface area contributed by atoms with Crippen molar-refractivity contribution in [3.8, 4) is 10.4 Å². The highest BCUT2D eigenvalue weighted by atomic mass is 32.2. The van der Waals surface area contributed by atoms with Crippen molar-refractivity contribution >= 4 is 50.6 Å². The second-order valence-electron chi connectivity index (χ2n) is 7.34. The monoisotopic (exact) mass is 447 g/mol. The van der Waals surface area contributed by atoms with Gasteiger partial charge < -0.3 is 4.90 Å². The molecule has 0 spiro atoms. The zero-order valence-corrected chi connectivity index (χ0v) is 19.2. The van der Waals surface area contributed by atoms with Crippen molar-refractivity contribution in [1.82, 2.24) is 14.5 Å². The van der Waals surface area contributed by atoms with Crippen LogP contribution in [0.25, 0.3) is 20.7 Å². The number of carbonyl (C=O) groups is 1. The van der Waals surface area contributed by atoms with Crippen LogP contribution in [0.5, 0.6) is 0 Å². The second kappa shape index (κ2) is 9.02. The van der Waals surface area contributed by atoms with E-state index in [1.165, 1.54) is 42.4 Å². The maximum absolute atomic E-state index is 13.2. The van der Waals surface area contributed by atoms with E-state index in [2.05, 4.69) is 0 Å². The summed E-state index contributed by atoms with van der Waals surface area (Å²) >= 11 is 4.50. The summed E-state index contributed by atoms with van der Waals surface area (Å²) in [5.41, 5.74) is 0.946. The Morgan fingerprint density at radius 3 is 2.79 bits per heavy atom. The van der Waals surface area contributed by atoms with Gasteiger partial charge in [0.15, 0.2) is 5.16 Å². The normalized spacial score (nSPS) is 15.1. The average Bonchev–Trinajstić information content (AvgIpc) is 3.42. The fourth-order valence-corrected chi connectivity index (χ4v) is 6.70. The van der Waals surface area contributed by atoms with E-state index in [4.69, 9.17) is 4.98 Å².